The fourth-order valence-electron chi connectivity index (χ4n) is 2.24. The molecule has 2 aromatic carbocycles. The lowest BCUT2D eigenvalue weighted by molar-refractivity contribution is -0.123. The average molecular weight is 422 g/mol. The van der Waals surface area contributed by atoms with Gasteiger partial charge in [-0.3, -0.25) is 4.79 Å². The first-order valence-electron chi connectivity index (χ1n) is 8.45. The Balaban J connectivity index is 1.70. The number of nitrogens with one attached hydrogen (secondary N) is 1. The molecule has 0 bridgehead atoms. The number of ether oxygens (including phenoxy) is 3. The topological polar surface area (TPSA) is 56.8 Å². The first-order valence-corrected chi connectivity index (χ1v) is 9.24. The molecule has 0 radical (unpaired) electrons. The van der Waals surface area contributed by atoms with E-state index in [0.29, 0.717) is 30.6 Å². The number of carbonyl (C=O) groups excluding carboxylic acids is 1. The molecule has 0 fully saturated rings. The number of rotatable bonds is 9. The summed E-state index contributed by atoms with van der Waals surface area (Å²) in [6.07, 6.45) is 0. The van der Waals surface area contributed by atoms with Crippen molar-refractivity contribution in [3.8, 4) is 17.2 Å². The summed E-state index contributed by atoms with van der Waals surface area (Å²) in [5.41, 5.74) is 1.21. The van der Waals surface area contributed by atoms with Crippen LogP contribution in [0.2, 0.25) is 0 Å². The van der Waals surface area contributed by atoms with Crippen molar-refractivity contribution in [2.45, 2.75) is 19.8 Å². The molecule has 0 atom stereocenters. The zero-order valence-electron chi connectivity index (χ0n) is 15.3. The third-order valence-corrected chi connectivity index (χ3v) is 4.34. The van der Waals surface area contributed by atoms with E-state index in [4.69, 9.17) is 14.2 Å². The molecule has 26 heavy (non-hydrogen) atoms. The number of benzene rings is 2. The third kappa shape index (κ3) is 6.26. The molecule has 0 aliphatic carbocycles. The van der Waals surface area contributed by atoms with Crippen LogP contribution in [0.25, 0.3) is 0 Å². The monoisotopic (exact) mass is 421 g/mol. The summed E-state index contributed by atoms with van der Waals surface area (Å²) >= 11 is 3.48. The first-order chi connectivity index (χ1) is 12.5. The van der Waals surface area contributed by atoms with Gasteiger partial charge in [-0.1, -0.05) is 26.0 Å². The number of halogens is 1. The number of hydrogen-bond acceptors (Lipinski definition) is 4. The van der Waals surface area contributed by atoms with Crippen molar-refractivity contribution in [2.75, 3.05) is 26.9 Å². The van der Waals surface area contributed by atoms with Crippen molar-refractivity contribution < 1.29 is 19.0 Å². The summed E-state index contributed by atoms with van der Waals surface area (Å²) in [4.78, 5) is 11.9. The van der Waals surface area contributed by atoms with Crippen LogP contribution in [0, 0.1) is 0 Å². The minimum absolute atomic E-state index is 0.0429. The second kappa shape index (κ2) is 10.1. The van der Waals surface area contributed by atoms with Crippen molar-refractivity contribution in [1.29, 1.82) is 0 Å². The molecule has 0 unspecified atom stereocenters. The van der Waals surface area contributed by atoms with Crippen molar-refractivity contribution in [3.63, 3.8) is 0 Å². The molecule has 0 aliphatic rings. The second-order valence-corrected chi connectivity index (χ2v) is 6.86. The fourth-order valence-corrected chi connectivity index (χ4v) is 2.75. The molecule has 140 valence electrons. The lowest BCUT2D eigenvalue weighted by Crippen LogP contribution is -2.32. The van der Waals surface area contributed by atoms with Crippen LogP contribution in [-0.4, -0.2) is 32.8 Å². The van der Waals surface area contributed by atoms with Gasteiger partial charge >= 0.3 is 0 Å². The molecule has 0 saturated carbocycles. The highest BCUT2D eigenvalue weighted by atomic mass is 79.9. The van der Waals surface area contributed by atoms with Gasteiger partial charge in [-0.05, 0) is 51.7 Å². The van der Waals surface area contributed by atoms with E-state index in [9.17, 15) is 4.79 Å². The molecule has 0 heterocycles. The van der Waals surface area contributed by atoms with E-state index < -0.39 is 0 Å². The SMILES string of the molecule is COc1cccc(OCCNC(=O)COc2ccc(C(C)C)cc2Br)c1. The van der Waals surface area contributed by atoms with E-state index in [-0.39, 0.29) is 12.5 Å². The van der Waals surface area contributed by atoms with Gasteiger partial charge in [0.25, 0.3) is 5.91 Å². The Morgan fingerprint density at radius 2 is 1.88 bits per heavy atom. The van der Waals surface area contributed by atoms with E-state index in [1.165, 1.54) is 5.56 Å². The summed E-state index contributed by atoms with van der Waals surface area (Å²) in [5.74, 6) is 2.32. The molecule has 6 heteroatoms. The Morgan fingerprint density at radius 1 is 1.12 bits per heavy atom. The van der Waals surface area contributed by atoms with Gasteiger partial charge in [0.15, 0.2) is 6.61 Å². The van der Waals surface area contributed by atoms with Gasteiger partial charge in [-0.25, -0.2) is 0 Å². The van der Waals surface area contributed by atoms with Crippen LogP contribution in [0.15, 0.2) is 46.9 Å². The van der Waals surface area contributed by atoms with E-state index in [2.05, 4.69) is 35.1 Å². The zero-order chi connectivity index (χ0) is 18.9. The van der Waals surface area contributed by atoms with Crippen molar-refractivity contribution in [3.05, 3.63) is 52.5 Å². The highest BCUT2D eigenvalue weighted by molar-refractivity contribution is 9.10. The normalized spacial score (nSPS) is 10.5. The van der Waals surface area contributed by atoms with E-state index >= 15 is 0 Å². The zero-order valence-corrected chi connectivity index (χ0v) is 16.8. The van der Waals surface area contributed by atoms with Crippen LogP contribution < -0.4 is 19.5 Å². The molecule has 5 nitrogen and oxygen atoms in total. The summed E-state index contributed by atoms with van der Waals surface area (Å²) in [6, 6.07) is 13.2. The van der Waals surface area contributed by atoms with Crippen LogP contribution in [0.3, 0.4) is 0 Å². The molecule has 0 spiro atoms. The van der Waals surface area contributed by atoms with Gasteiger partial charge in [-0.15, -0.1) is 0 Å². The number of methoxy groups -OCH3 is 1. The fraction of sp³-hybridized carbons (Fsp3) is 0.350. The van der Waals surface area contributed by atoms with Gasteiger partial charge in [0.05, 0.1) is 18.1 Å². The van der Waals surface area contributed by atoms with Gasteiger partial charge in [0, 0.05) is 6.07 Å². The van der Waals surface area contributed by atoms with Gasteiger partial charge in [0.1, 0.15) is 23.9 Å². The van der Waals surface area contributed by atoms with Crippen LogP contribution >= 0.6 is 15.9 Å². The Labute approximate surface area is 162 Å². The number of amides is 1. The van der Waals surface area contributed by atoms with Crippen LogP contribution in [0.4, 0.5) is 0 Å². The van der Waals surface area contributed by atoms with Crippen LogP contribution in [-0.2, 0) is 4.79 Å². The average Bonchev–Trinajstić information content (AvgIpc) is 2.64. The van der Waals surface area contributed by atoms with Crippen LogP contribution in [0.5, 0.6) is 17.2 Å². The maximum absolute atomic E-state index is 11.9. The molecule has 0 aromatic heterocycles. The minimum Gasteiger partial charge on any atom is -0.497 e. The second-order valence-electron chi connectivity index (χ2n) is 6.01. The molecule has 0 aliphatic heterocycles. The highest BCUT2D eigenvalue weighted by Crippen LogP contribution is 2.28. The maximum Gasteiger partial charge on any atom is 0.258 e. The Morgan fingerprint density at radius 3 is 2.58 bits per heavy atom. The smallest absolute Gasteiger partial charge is 0.258 e. The lowest BCUT2D eigenvalue weighted by Gasteiger charge is -2.12. The summed E-state index contributed by atoms with van der Waals surface area (Å²) < 4.78 is 17.1. The van der Waals surface area contributed by atoms with E-state index in [1.807, 2.05) is 36.4 Å². The molecule has 2 rings (SSSR count). The molecule has 1 amide bonds. The Bertz CT molecular complexity index is 734. The van der Waals surface area contributed by atoms with Gasteiger partial charge in [-0.2, -0.15) is 0 Å². The number of carbonyl (C=O) groups is 1. The quantitative estimate of drug-likeness (QED) is 0.617. The summed E-state index contributed by atoms with van der Waals surface area (Å²) in [5, 5.41) is 2.77. The number of hydrogen-bond donors (Lipinski definition) is 1. The molecule has 1 N–H and O–H groups in total. The molecular formula is C20H24BrNO4. The molecule has 2 aromatic rings. The lowest BCUT2D eigenvalue weighted by atomic mass is 10.0. The summed E-state index contributed by atoms with van der Waals surface area (Å²) in [7, 11) is 1.61. The molecule has 0 saturated heterocycles. The molecular weight excluding hydrogens is 398 g/mol. The largest absolute Gasteiger partial charge is 0.497 e. The first kappa shape index (κ1) is 20.1. The van der Waals surface area contributed by atoms with Crippen molar-refractivity contribution >= 4 is 21.8 Å². The Kier molecular flexibility index (Phi) is 7.78. The third-order valence-electron chi connectivity index (χ3n) is 3.72. The predicted octanol–water partition coefficient (Wildman–Crippen LogP) is 4.16. The van der Waals surface area contributed by atoms with E-state index in [0.717, 1.165) is 10.2 Å². The standard InChI is InChI=1S/C20H24BrNO4/c1-14(2)15-7-8-19(18(21)11-15)26-13-20(23)22-9-10-25-17-6-4-5-16(12-17)24-3/h4-8,11-12,14H,9-10,13H2,1-3H3,(H,22,23). The van der Waals surface area contributed by atoms with Gasteiger partial charge < -0.3 is 19.5 Å². The summed E-state index contributed by atoms with van der Waals surface area (Å²) in [6.45, 7) is 4.98. The maximum atomic E-state index is 11.9. The Hall–Kier alpha value is -2.21. The minimum atomic E-state index is -0.195. The predicted molar refractivity (Wildman–Crippen MR) is 105 cm³/mol. The van der Waals surface area contributed by atoms with E-state index in [1.54, 1.807) is 13.2 Å². The van der Waals surface area contributed by atoms with Crippen molar-refractivity contribution in [2.24, 2.45) is 0 Å². The highest BCUT2D eigenvalue weighted by Gasteiger charge is 2.08. The van der Waals surface area contributed by atoms with Crippen LogP contribution in [0.1, 0.15) is 25.3 Å². The van der Waals surface area contributed by atoms with Crippen molar-refractivity contribution in [1.82, 2.24) is 5.32 Å². The van der Waals surface area contributed by atoms with Gasteiger partial charge in [0.2, 0.25) is 0 Å².